The quantitative estimate of drug-likeness (QED) is 0.913. The van der Waals surface area contributed by atoms with Crippen molar-refractivity contribution in [2.45, 2.75) is 31.4 Å². The molecular formula is C15H19N3O. The molecule has 2 aromatic rings. The number of para-hydroxylation sites is 2. The average Bonchev–Trinajstić information content (AvgIpc) is 3.21. The van der Waals surface area contributed by atoms with Gasteiger partial charge in [0, 0.05) is 25.6 Å². The van der Waals surface area contributed by atoms with Crippen LogP contribution in [0.15, 0.2) is 24.3 Å². The zero-order valence-corrected chi connectivity index (χ0v) is 11.0. The topological polar surface area (TPSA) is 39.1 Å². The third kappa shape index (κ3) is 2.15. The lowest BCUT2D eigenvalue weighted by Gasteiger charge is -2.23. The fraction of sp³-hybridized carbons (Fsp3) is 0.533. The highest BCUT2D eigenvalue weighted by Gasteiger charge is 2.29. The van der Waals surface area contributed by atoms with Gasteiger partial charge >= 0.3 is 0 Å². The number of fused-ring (bicyclic) bond motifs is 1. The maximum absolute atomic E-state index is 5.82. The Kier molecular flexibility index (Phi) is 2.78. The highest BCUT2D eigenvalue weighted by Crippen LogP contribution is 2.38. The molecule has 1 unspecified atom stereocenters. The monoisotopic (exact) mass is 257 g/mol. The number of morpholine rings is 1. The predicted molar refractivity (Wildman–Crippen MR) is 74.3 cm³/mol. The molecule has 1 N–H and O–H groups in total. The molecule has 1 saturated carbocycles. The number of benzene rings is 1. The zero-order valence-electron chi connectivity index (χ0n) is 11.0. The number of rotatable bonds is 3. The largest absolute Gasteiger partial charge is 0.375 e. The highest BCUT2D eigenvalue weighted by atomic mass is 16.5. The Hall–Kier alpha value is -1.39. The van der Waals surface area contributed by atoms with Gasteiger partial charge in [0.1, 0.15) is 5.82 Å². The minimum atomic E-state index is 0.267. The number of imidazole rings is 1. The van der Waals surface area contributed by atoms with E-state index >= 15 is 0 Å². The Morgan fingerprint density at radius 2 is 2.21 bits per heavy atom. The smallest absolute Gasteiger partial charge is 0.112 e. The van der Waals surface area contributed by atoms with E-state index in [2.05, 4.69) is 34.1 Å². The van der Waals surface area contributed by atoms with Crippen molar-refractivity contribution in [3.8, 4) is 0 Å². The molecule has 2 fully saturated rings. The molecule has 2 heterocycles. The van der Waals surface area contributed by atoms with E-state index in [0.29, 0.717) is 6.04 Å². The molecule has 2 aliphatic rings. The summed E-state index contributed by atoms with van der Waals surface area (Å²) in [5.41, 5.74) is 2.40. The second-order valence-corrected chi connectivity index (χ2v) is 5.52. The Balaban J connectivity index is 1.69. The molecule has 0 bridgehead atoms. The summed E-state index contributed by atoms with van der Waals surface area (Å²) in [7, 11) is 0. The van der Waals surface area contributed by atoms with Crippen LogP contribution in [0.2, 0.25) is 0 Å². The summed E-state index contributed by atoms with van der Waals surface area (Å²) in [6, 6.07) is 9.13. The molecule has 1 aliphatic heterocycles. The predicted octanol–water partition coefficient (Wildman–Crippen LogP) is 1.90. The molecule has 1 aromatic heterocycles. The first-order chi connectivity index (χ1) is 9.42. The van der Waals surface area contributed by atoms with E-state index in [1.54, 1.807) is 0 Å². The van der Waals surface area contributed by atoms with Crippen LogP contribution < -0.4 is 5.32 Å². The van der Waals surface area contributed by atoms with Crippen molar-refractivity contribution < 1.29 is 4.74 Å². The SMILES string of the molecule is c1ccc2c(c1)nc(CC1CNCCO1)n2C1CC1. The van der Waals surface area contributed by atoms with Gasteiger partial charge in [-0.05, 0) is 25.0 Å². The number of nitrogens with one attached hydrogen (secondary N) is 1. The van der Waals surface area contributed by atoms with E-state index in [9.17, 15) is 0 Å². The van der Waals surface area contributed by atoms with E-state index < -0.39 is 0 Å². The molecule has 100 valence electrons. The average molecular weight is 257 g/mol. The van der Waals surface area contributed by atoms with Gasteiger partial charge in [-0.15, -0.1) is 0 Å². The van der Waals surface area contributed by atoms with Crippen LogP contribution in [0.25, 0.3) is 11.0 Å². The highest BCUT2D eigenvalue weighted by molar-refractivity contribution is 5.76. The van der Waals surface area contributed by atoms with E-state index in [-0.39, 0.29) is 6.10 Å². The normalized spacial score (nSPS) is 23.9. The third-order valence-electron chi connectivity index (χ3n) is 4.00. The van der Waals surface area contributed by atoms with Gasteiger partial charge in [0.15, 0.2) is 0 Å². The standard InChI is InChI=1S/C15H19N3O/c1-2-4-14-13(3-1)17-15(18(14)11-5-6-11)9-12-10-16-7-8-19-12/h1-4,11-12,16H,5-10H2. The molecule has 4 rings (SSSR count). The lowest BCUT2D eigenvalue weighted by molar-refractivity contribution is 0.0276. The van der Waals surface area contributed by atoms with E-state index in [0.717, 1.165) is 31.6 Å². The molecule has 1 saturated heterocycles. The number of aromatic nitrogens is 2. The first-order valence-electron chi connectivity index (χ1n) is 7.20. The maximum Gasteiger partial charge on any atom is 0.112 e. The summed E-state index contributed by atoms with van der Waals surface area (Å²) in [5.74, 6) is 1.19. The van der Waals surface area contributed by atoms with Crippen molar-refractivity contribution in [3.63, 3.8) is 0 Å². The van der Waals surface area contributed by atoms with Gasteiger partial charge in [-0.25, -0.2) is 4.98 Å². The molecule has 1 atom stereocenters. The second-order valence-electron chi connectivity index (χ2n) is 5.52. The van der Waals surface area contributed by atoms with Crippen LogP contribution in [0.4, 0.5) is 0 Å². The molecule has 0 amide bonds. The summed E-state index contributed by atoms with van der Waals surface area (Å²) < 4.78 is 8.25. The van der Waals surface area contributed by atoms with E-state index in [1.165, 1.54) is 24.2 Å². The summed E-state index contributed by atoms with van der Waals surface area (Å²) in [5, 5.41) is 3.39. The van der Waals surface area contributed by atoms with Crippen LogP contribution in [0.1, 0.15) is 24.7 Å². The molecule has 0 spiro atoms. The van der Waals surface area contributed by atoms with E-state index in [4.69, 9.17) is 9.72 Å². The van der Waals surface area contributed by atoms with E-state index in [1.807, 2.05) is 0 Å². The van der Waals surface area contributed by atoms with Crippen LogP contribution in [0.3, 0.4) is 0 Å². The first-order valence-corrected chi connectivity index (χ1v) is 7.20. The van der Waals surface area contributed by atoms with Gasteiger partial charge in [-0.2, -0.15) is 0 Å². The van der Waals surface area contributed by atoms with Gasteiger partial charge < -0.3 is 14.6 Å². The minimum absolute atomic E-state index is 0.267. The van der Waals surface area contributed by atoms with Crippen LogP contribution in [0, 0.1) is 0 Å². The van der Waals surface area contributed by atoms with Crippen LogP contribution >= 0.6 is 0 Å². The second kappa shape index (κ2) is 4.62. The Bertz CT molecular complexity index is 582. The maximum atomic E-state index is 5.82. The van der Waals surface area contributed by atoms with Crippen molar-refractivity contribution in [1.29, 1.82) is 0 Å². The van der Waals surface area contributed by atoms with Crippen molar-refractivity contribution >= 4 is 11.0 Å². The molecule has 1 aromatic carbocycles. The van der Waals surface area contributed by atoms with Crippen LogP contribution in [0.5, 0.6) is 0 Å². The van der Waals surface area contributed by atoms with Gasteiger partial charge in [-0.3, -0.25) is 0 Å². The first kappa shape index (κ1) is 11.4. The fourth-order valence-electron chi connectivity index (χ4n) is 2.93. The molecule has 4 heteroatoms. The minimum Gasteiger partial charge on any atom is -0.375 e. The number of hydrogen-bond donors (Lipinski definition) is 1. The van der Waals surface area contributed by atoms with Crippen molar-refractivity contribution in [3.05, 3.63) is 30.1 Å². The van der Waals surface area contributed by atoms with Gasteiger partial charge in [0.05, 0.1) is 23.7 Å². The summed E-state index contributed by atoms with van der Waals surface area (Å²) >= 11 is 0. The molecule has 0 radical (unpaired) electrons. The number of hydrogen-bond acceptors (Lipinski definition) is 3. The molecular weight excluding hydrogens is 238 g/mol. The summed E-state index contributed by atoms with van der Waals surface area (Å²) in [4.78, 5) is 4.82. The zero-order chi connectivity index (χ0) is 12.7. The van der Waals surface area contributed by atoms with Crippen molar-refractivity contribution in [2.24, 2.45) is 0 Å². The molecule has 4 nitrogen and oxygen atoms in total. The summed E-state index contributed by atoms with van der Waals surface area (Å²) in [6.45, 7) is 2.72. The van der Waals surface area contributed by atoms with Gasteiger partial charge in [-0.1, -0.05) is 12.1 Å². The Morgan fingerprint density at radius 3 is 3.00 bits per heavy atom. The number of ether oxygens (including phenoxy) is 1. The van der Waals surface area contributed by atoms with Crippen LogP contribution in [-0.4, -0.2) is 35.4 Å². The lowest BCUT2D eigenvalue weighted by atomic mass is 10.2. The third-order valence-corrected chi connectivity index (χ3v) is 4.00. The molecule has 19 heavy (non-hydrogen) atoms. The number of nitrogens with zero attached hydrogens (tertiary/aromatic N) is 2. The Labute approximate surface area is 112 Å². The van der Waals surface area contributed by atoms with Crippen LogP contribution in [-0.2, 0) is 11.2 Å². The molecule has 1 aliphatic carbocycles. The summed E-state index contributed by atoms with van der Waals surface area (Å²) in [6.07, 6.45) is 3.76. The lowest BCUT2D eigenvalue weighted by Crippen LogP contribution is -2.40. The van der Waals surface area contributed by atoms with Crippen molar-refractivity contribution in [1.82, 2.24) is 14.9 Å². The fourth-order valence-corrected chi connectivity index (χ4v) is 2.93. The Morgan fingerprint density at radius 1 is 1.32 bits per heavy atom. The van der Waals surface area contributed by atoms with Gasteiger partial charge in [0.2, 0.25) is 0 Å². The van der Waals surface area contributed by atoms with Gasteiger partial charge in [0.25, 0.3) is 0 Å². The van der Waals surface area contributed by atoms with Crippen molar-refractivity contribution in [2.75, 3.05) is 19.7 Å².